The van der Waals surface area contributed by atoms with Gasteiger partial charge in [-0.05, 0) is 20.3 Å². The molecule has 2 heteroatoms. The minimum absolute atomic E-state index is 0.533. The molecule has 0 aromatic heterocycles. The Kier molecular flexibility index (Phi) is 4.32. The summed E-state index contributed by atoms with van der Waals surface area (Å²) < 4.78 is 0. The summed E-state index contributed by atoms with van der Waals surface area (Å²) in [6, 6.07) is 0. The first-order valence-corrected chi connectivity index (χ1v) is 3.62. The molecule has 0 rings (SSSR count). The van der Waals surface area contributed by atoms with E-state index < -0.39 is 5.60 Å². The van der Waals surface area contributed by atoms with Crippen LogP contribution in [0.25, 0.3) is 0 Å². The fraction of sp³-hybridized carbons (Fsp3) is 0.750. The molecule has 0 heterocycles. The van der Waals surface area contributed by atoms with Crippen molar-refractivity contribution in [3.63, 3.8) is 0 Å². The molecule has 0 bridgehead atoms. The largest absolute Gasteiger partial charge is 0.251 e. The Morgan fingerprint density at radius 1 is 1.50 bits per heavy atom. The van der Waals surface area contributed by atoms with Crippen LogP contribution in [0.1, 0.15) is 33.6 Å². The van der Waals surface area contributed by atoms with Crippen LogP contribution < -0.4 is 0 Å². The lowest BCUT2D eigenvalue weighted by Gasteiger charge is -2.14. The monoisotopic (exact) mass is 144 g/mol. The fourth-order valence-corrected chi connectivity index (χ4v) is 0.564. The van der Waals surface area contributed by atoms with Crippen molar-refractivity contribution < 1.29 is 10.1 Å². The number of hydrogen-bond donors (Lipinski definition) is 1. The van der Waals surface area contributed by atoms with E-state index in [0.717, 1.165) is 12.8 Å². The Morgan fingerprint density at radius 3 is 2.50 bits per heavy atom. The van der Waals surface area contributed by atoms with E-state index in [1.165, 1.54) is 0 Å². The van der Waals surface area contributed by atoms with Crippen LogP contribution in [0, 0.1) is 0 Å². The van der Waals surface area contributed by atoms with E-state index in [-0.39, 0.29) is 0 Å². The molecule has 0 fully saturated rings. The molecule has 0 aliphatic carbocycles. The first-order chi connectivity index (χ1) is 4.62. The summed E-state index contributed by atoms with van der Waals surface area (Å²) in [5.74, 6) is 0. The number of allylic oxidation sites excluding steroid dienone is 1. The van der Waals surface area contributed by atoms with E-state index in [1.807, 2.05) is 12.2 Å². The lowest BCUT2D eigenvalue weighted by molar-refractivity contribution is -0.297. The van der Waals surface area contributed by atoms with E-state index in [1.54, 1.807) is 13.8 Å². The number of hydrogen-bond acceptors (Lipinski definition) is 2. The average Bonchev–Trinajstić information content (AvgIpc) is 1.89. The van der Waals surface area contributed by atoms with E-state index in [0.29, 0.717) is 0 Å². The van der Waals surface area contributed by atoms with Crippen molar-refractivity contribution in [2.45, 2.75) is 39.2 Å². The van der Waals surface area contributed by atoms with E-state index >= 15 is 0 Å². The molecular formula is C8H16O2. The summed E-state index contributed by atoms with van der Waals surface area (Å²) in [4.78, 5) is 4.20. The number of rotatable bonds is 4. The van der Waals surface area contributed by atoms with Crippen molar-refractivity contribution in [1.29, 1.82) is 0 Å². The lowest BCUT2D eigenvalue weighted by Crippen LogP contribution is -2.18. The molecule has 0 radical (unpaired) electrons. The average molecular weight is 144 g/mol. The van der Waals surface area contributed by atoms with Gasteiger partial charge in [-0.3, -0.25) is 5.26 Å². The summed E-state index contributed by atoms with van der Waals surface area (Å²) in [6.45, 7) is 5.72. The Hall–Kier alpha value is -0.340. The molecule has 0 aromatic rings. The van der Waals surface area contributed by atoms with Crippen molar-refractivity contribution in [1.82, 2.24) is 0 Å². The van der Waals surface area contributed by atoms with Crippen LogP contribution in [0.15, 0.2) is 12.2 Å². The highest BCUT2D eigenvalue weighted by Gasteiger charge is 2.12. The highest BCUT2D eigenvalue weighted by Crippen LogP contribution is 2.09. The van der Waals surface area contributed by atoms with Gasteiger partial charge in [0.05, 0.1) is 0 Å². The summed E-state index contributed by atoms with van der Waals surface area (Å²) in [5.41, 5.74) is -0.533. The number of unbranched alkanes of at least 4 members (excludes halogenated alkanes) is 1. The molecule has 0 saturated carbocycles. The van der Waals surface area contributed by atoms with Crippen LogP contribution in [0.3, 0.4) is 0 Å². The van der Waals surface area contributed by atoms with Gasteiger partial charge in [0.2, 0.25) is 0 Å². The van der Waals surface area contributed by atoms with Gasteiger partial charge in [0.15, 0.2) is 0 Å². The smallest absolute Gasteiger partial charge is 0.116 e. The topological polar surface area (TPSA) is 29.5 Å². The summed E-state index contributed by atoms with van der Waals surface area (Å²) in [6.07, 6.45) is 6.03. The van der Waals surface area contributed by atoms with E-state index in [2.05, 4.69) is 11.8 Å². The molecule has 0 aliphatic rings. The molecule has 2 nitrogen and oxygen atoms in total. The fourth-order valence-electron chi connectivity index (χ4n) is 0.564. The maximum atomic E-state index is 8.34. The Bertz CT molecular complexity index is 106. The second-order valence-corrected chi connectivity index (χ2v) is 2.89. The quantitative estimate of drug-likeness (QED) is 0.373. The van der Waals surface area contributed by atoms with Crippen molar-refractivity contribution in [2.24, 2.45) is 0 Å². The first-order valence-electron chi connectivity index (χ1n) is 3.62. The van der Waals surface area contributed by atoms with E-state index in [4.69, 9.17) is 5.26 Å². The lowest BCUT2D eigenvalue weighted by atomic mass is 10.1. The Labute approximate surface area is 62.4 Å². The Morgan fingerprint density at radius 2 is 2.10 bits per heavy atom. The normalized spacial score (nSPS) is 12.8. The van der Waals surface area contributed by atoms with Gasteiger partial charge in [0, 0.05) is 0 Å². The zero-order valence-electron chi connectivity index (χ0n) is 6.92. The molecule has 0 atom stereocenters. The van der Waals surface area contributed by atoms with Gasteiger partial charge in [-0.15, -0.1) is 0 Å². The summed E-state index contributed by atoms with van der Waals surface area (Å²) in [5, 5.41) is 8.34. The van der Waals surface area contributed by atoms with Crippen molar-refractivity contribution in [3.8, 4) is 0 Å². The van der Waals surface area contributed by atoms with Crippen LogP contribution in [0.2, 0.25) is 0 Å². The molecule has 0 unspecified atom stereocenters. The van der Waals surface area contributed by atoms with Gasteiger partial charge in [0.1, 0.15) is 5.60 Å². The van der Waals surface area contributed by atoms with Crippen LogP contribution in [0.5, 0.6) is 0 Å². The van der Waals surface area contributed by atoms with Crippen LogP contribution >= 0.6 is 0 Å². The molecule has 0 spiro atoms. The molecular weight excluding hydrogens is 128 g/mol. The van der Waals surface area contributed by atoms with Gasteiger partial charge in [-0.2, -0.15) is 0 Å². The summed E-state index contributed by atoms with van der Waals surface area (Å²) >= 11 is 0. The second kappa shape index (κ2) is 4.47. The molecule has 10 heavy (non-hydrogen) atoms. The van der Waals surface area contributed by atoms with Gasteiger partial charge in [-0.1, -0.05) is 25.5 Å². The maximum absolute atomic E-state index is 8.34. The van der Waals surface area contributed by atoms with Gasteiger partial charge >= 0.3 is 0 Å². The minimum atomic E-state index is -0.533. The van der Waals surface area contributed by atoms with Gasteiger partial charge in [-0.25, -0.2) is 4.89 Å². The molecule has 0 amide bonds. The maximum Gasteiger partial charge on any atom is 0.116 e. The zero-order chi connectivity index (χ0) is 8.04. The standard InChI is InChI=1S/C8H16O2/c1-4-5-6-7-8(2,3)10-9/h6-7,9H,4-5H2,1-3H3/b7-6+. The summed E-state index contributed by atoms with van der Waals surface area (Å²) in [7, 11) is 0. The highest BCUT2D eigenvalue weighted by atomic mass is 17.1. The molecule has 0 aliphatic heterocycles. The zero-order valence-corrected chi connectivity index (χ0v) is 6.92. The van der Waals surface area contributed by atoms with Crippen molar-refractivity contribution >= 4 is 0 Å². The molecule has 60 valence electrons. The van der Waals surface area contributed by atoms with Crippen molar-refractivity contribution in [2.75, 3.05) is 0 Å². The predicted molar refractivity (Wildman–Crippen MR) is 41.8 cm³/mol. The van der Waals surface area contributed by atoms with Crippen LogP contribution in [-0.2, 0) is 4.89 Å². The molecule has 1 N–H and O–H groups in total. The third kappa shape index (κ3) is 4.53. The third-order valence-corrected chi connectivity index (χ3v) is 1.21. The van der Waals surface area contributed by atoms with Gasteiger partial charge in [0.25, 0.3) is 0 Å². The SMILES string of the molecule is CCC/C=C/C(C)(C)OO. The second-order valence-electron chi connectivity index (χ2n) is 2.89. The Balaban J connectivity index is 3.63. The van der Waals surface area contributed by atoms with Crippen molar-refractivity contribution in [3.05, 3.63) is 12.2 Å². The third-order valence-electron chi connectivity index (χ3n) is 1.21. The molecule has 0 saturated heterocycles. The van der Waals surface area contributed by atoms with Gasteiger partial charge < -0.3 is 0 Å². The molecule has 0 aromatic carbocycles. The highest BCUT2D eigenvalue weighted by molar-refractivity contribution is 4.95. The van der Waals surface area contributed by atoms with Crippen LogP contribution in [-0.4, -0.2) is 10.9 Å². The van der Waals surface area contributed by atoms with Crippen LogP contribution in [0.4, 0.5) is 0 Å². The predicted octanol–water partition coefficient (Wildman–Crippen LogP) is 2.61. The first kappa shape index (κ1) is 9.66. The minimum Gasteiger partial charge on any atom is -0.251 e. The van der Waals surface area contributed by atoms with E-state index in [9.17, 15) is 0 Å².